The Morgan fingerprint density at radius 3 is 2.52 bits per heavy atom. The van der Waals surface area contributed by atoms with Gasteiger partial charge in [0.25, 0.3) is 10.2 Å². The van der Waals surface area contributed by atoms with Crippen molar-refractivity contribution in [3.8, 4) is 17.1 Å². The molecule has 0 saturated carbocycles. The molecule has 1 aromatic carbocycles. The van der Waals surface area contributed by atoms with Crippen LogP contribution in [0.3, 0.4) is 0 Å². The normalized spacial score (nSPS) is 11.7. The number of fused-ring (bicyclic) bond motifs is 1. The fraction of sp³-hybridized carbons (Fsp3) is 0.158. The van der Waals surface area contributed by atoms with E-state index in [-0.39, 0.29) is 0 Å². The van der Waals surface area contributed by atoms with Gasteiger partial charge < -0.3 is 9.30 Å². The van der Waals surface area contributed by atoms with E-state index < -0.39 is 10.2 Å². The van der Waals surface area contributed by atoms with E-state index in [4.69, 9.17) is 9.88 Å². The standard InChI is InChI=1S/C19H20N6O3S/c1-24-9-8-16(22-24)17-18-14(11-21-19(17)28-2)7-10-25(18)12-13-3-5-15(6-4-13)23-29(20,26)27/h3-11,23H,12H2,1-2H3,(H2,20,26,27). The molecule has 4 aromatic rings. The van der Waals surface area contributed by atoms with Crippen molar-refractivity contribution >= 4 is 26.8 Å². The third-order valence-electron chi connectivity index (χ3n) is 4.50. The van der Waals surface area contributed by atoms with E-state index in [1.54, 1.807) is 30.1 Å². The molecule has 0 radical (unpaired) electrons. The summed E-state index contributed by atoms with van der Waals surface area (Å²) in [4.78, 5) is 4.42. The van der Waals surface area contributed by atoms with Crippen molar-refractivity contribution in [1.29, 1.82) is 0 Å². The van der Waals surface area contributed by atoms with Crippen LogP contribution >= 0.6 is 0 Å². The number of ether oxygens (including phenoxy) is 1. The zero-order chi connectivity index (χ0) is 20.6. The molecule has 0 aliphatic rings. The van der Waals surface area contributed by atoms with Gasteiger partial charge in [-0.2, -0.15) is 13.5 Å². The largest absolute Gasteiger partial charge is 0.480 e. The molecule has 0 saturated heterocycles. The predicted octanol–water partition coefficient (Wildman–Crippen LogP) is 2.11. The molecule has 3 heterocycles. The molecule has 3 N–H and O–H groups in total. The number of methoxy groups -OCH3 is 1. The zero-order valence-electron chi connectivity index (χ0n) is 15.9. The molecule has 0 aliphatic heterocycles. The van der Waals surface area contributed by atoms with Gasteiger partial charge in [0.15, 0.2) is 0 Å². The average molecular weight is 412 g/mol. The third kappa shape index (κ3) is 3.93. The lowest BCUT2D eigenvalue weighted by Gasteiger charge is -2.12. The van der Waals surface area contributed by atoms with Gasteiger partial charge >= 0.3 is 0 Å². The maximum absolute atomic E-state index is 11.2. The lowest BCUT2D eigenvalue weighted by molar-refractivity contribution is 0.400. The molecule has 0 fully saturated rings. The highest BCUT2D eigenvalue weighted by molar-refractivity contribution is 7.90. The quantitative estimate of drug-likeness (QED) is 0.503. The van der Waals surface area contributed by atoms with E-state index in [0.717, 1.165) is 27.7 Å². The Morgan fingerprint density at radius 1 is 1.14 bits per heavy atom. The second kappa shape index (κ2) is 7.22. The molecule has 0 aliphatic carbocycles. The smallest absolute Gasteiger partial charge is 0.296 e. The van der Waals surface area contributed by atoms with Crippen molar-refractivity contribution < 1.29 is 13.2 Å². The Bertz CT molecular complexity index is 1280. The van der Waals surface area contributed by atoms with Crippen LogP contribution in [0, 0.1) is 0 Å². The number of nitrogens with zero attached hydrogens (tertiary/aromatic N) is 4. The first-order valence-corrected chi connectivity index (χ1v) is 10.3. The van der Waals surface area contributed by atoms with Gasteiger partial charge in [0.1, 0.15) is 0 Å². The maximum atomic E-state index is 11.2. The van der Waals surface area contributed by atoms with Gasteiger partial charge in [-0.1, -0.05) is 12.1 Å². The highest BCUT2D eigenvalue weighted by atomic mass is 32.2. The second-order valence-corrected chi connectivity index (χ2v) is 7.90. The van der Waals surface area contributed by atoms with E-state index in [1.807, 2.05) is 43.7 Å². The number of nitrogens with two attached hydrogens (primary N) is 1. The first kappa shape index (κ1) is 19.0. The number of nitrogens with one attached hydrogen (secondary N) is 1. The number of rotatable bonds is 6. The number of benzene rings is 1. The predicted molar refractivity (Wildman–Crippen MR) is 111 cm³/mol. The van der Waals surface area contributed by atoms with Gasteiger partial charge in [0.05, 0.1) is 23.9 Å². The molecule has 9 nitrogen and oxygen atoms in total. The summed E-state index contributed by atoms with van der Waals surface area (Å²) in [6.45, 7) is 0.576. The van der Waals surface area contributed by atoms with E-state index in [9.17, 15) is 8.42 Å². The van der Waals surface area contributed by atoms with Crippen molar-refractivity contribution in [2.75, 3.05) is 11.8 Å². The van der Waals surface area contributed by atoms with Crippen LogP contribution in [0.2, 0.25) is 0 Å². The summed E-state index contributed by atoms with van der Waals surface area (Å²) in [6.07, 6.45) is 5.63. The Hall–Kier alpha value is -3.37. The maximum Gasteiger partial charge on any atom is 0.296 e. The average Bonchev–Trinajstić information content (AvgIpc) is 3.28. The van der Waals surface area contributed by atoms with Gasteiger partial charge in [-0.3, -0.25) is 9.40 Å². The Balaban J connectivity index is 1.75. The molecule has 0 unspecified atom stereocenters. The van der Waals surface area contributed by atoms with Crippen LogP contribution < -0.4 is 14.6 Å². The first-order valence-electron chi connectivity index (χ1n) is 8.75. The Morgan fingerprint density at radius 2 is 1.90 bits per heavy atom. The SMILES string of the molecule is COc1ncc2ccn(Cc3ccc(NS(N)(=O)=O)cc3)c2c1-c1ccn(C)n1. The molecule has 29 heavy (non-hydrogen) atoms. The fourth-order valence-corrected chi connectivity index (χ4v) is 3.75. The number of aryl methyl sites for hydroxylation is 1. The summed E-state index contributed by atoms with van der Waals surface area (Å²) in [5.74, 6) is 0.504. The lowest BCUT2D eigenvalue weighted by Crippen LogP contribution is -2.21. The van der Waals surface area contributed by atoms with Crippen molar-refractivity contribution in [1.82, 2.24) is 19.3 Å². The van der Waals surface area contributed by atoms with Crippen LogP contribution in [0.25, 0.3) is 22.2 Å². The Kier molecular flexibility index (Phi) is 4.73. The van der Waals surface area contributed by atoms with Crippen molar-refractivity contribution in [2.24, 2.45) is 12.2 Å². The monoisotopic (exact) mass is 412 g/mol. The fourth-order valence-electron chi connectivity index (χ4n) is 3.28. The molecular weight excluding hydrogens is 392 g/mol. The summed E-state index contributed by atoms with van der Waals surface area (Å²) in [7, 11) is -0.346. The van der Waals surface area contributed by atoms with Crippen LogP contribution in [0.1, 0.15) is 5.56 Å². The van der Waals surface area contributed by atoms with Crippen molar-refractivity contribution in [3.63, 3.8) is 0 Å². The summed E-state index contributed by atoms with van der Waals surface area (Å²) in [5, 5.41) is 10.5. The molecule has 0 amide bonds. The minimum absolute atomic E-state index is 0.411. The molecule has 0 spiro atoms. The molecule has 3 aromatic heterocycles. The Labute approximate surface area is 167 Å². The molecule has 0 bridgehead atoms. The van der Waals surface area contributed by atoms with E-state index in [0.29, 0.717) is 18.1 Å². The number of pyridine rings is 1. The second-order valence-electron chi connectivity index (χ2n) is 6.61. The summed E-state index contributed by atoms with van der Waals surface area (Å²) in [6, 6.07) is 11.0. The molecule has 150 valence electrons. The van der Waals surface area contributed by atoms with Gasteiger partial charge in [-0.15, -0.1) is 0 Å². The van der Waals surface area contributed by atoms with Crippen molar-refractivity contribution in [2.45, 2.75) is 6.54 Å². The molecular formula is C19H20N6O3S. The van der Waals surface area contributed by atoms with Crippen LogP contribution in [0.15, 0.2) is 55.0 Å². The van der Waals surface area contributed by atoms with Crippen molar-refractivity contribution in [3.05, 3.63) is 60.6 Å². The van der Waals surface area contributed by atoms with E-state index >= 15 is 0 Å². The van der Waals surface area contributed by atoms with Gasteiger partial charge in [0.2, 0.25) is 5.88 Å². The van der Waals surface area contributed by atoms with Gasteiger partial charge in [-0.25, -0.2) is 10.1 Å². The number of anilines is 1. The van der Waals surface area contributed by atoms with Crippen LogP contribution in [-0.4, -0.2) is 34.9 Å². The lowest BCUT2D eigenvalue weighted by atomic mass is 10.1. The number of hydrogen-bond acceptors (Lipinski definition) is 5. The van der Waals surface area contributed by atoms with Crippen LogP contribution in [0.5, 0.6) is 5.88 Å². The van der Waals surface area contributed by atoms with Crippen LogP contribution in [0.4, 0.5) is 5.69 Å². The number of aromatic nitrogens is 4. The first-order chi connectivity index (χ1) is 13.8. The summed E-state index contributed by atoms with van der Waals surface area (Å²) in [5.41, 5.74) is 3.96. The van der Waals surface area contributed by atoms with Gasteiger partial charge in [0, 0.05) is 43.3 Å². The molecule has 4 rings (SSSR count). The minimum Gasteiger partial charge on any atom is -0.480 e. The number of hydrogen-bond donors (Lipinski definition) is 2. The molecule has 0 atom stereocenters. The van der Waals surface area contributed by atoms with E-state index in [2.05, 4.69) is 19.4 Å². The highest BCUT2D eigenvalue weighted by Crippen LogP contribution is 2.35. The van der Waals surface area contributed by atoms with Gasteiger partial charge in [-0.05, 0) is 29.8 Å². The zero-order valence-corrected chi connectivity index (χ0v) is 16.7. The summed E-state index contributed by atoms with van der Waals surface area (Å²) >= 11 is 0. The molecule has 10 heteroatoms. The van der Waals surface area contributed by atoms with Crippen LogP contribution in [-0.2, 0) is 23.8 Å². The van der Waals surface area contributed by atoms with E-state index in [1.165, 1.54) is 0 Å². The third-order valence-corrected chi connectivity index (χ3v) is 5.02. The summed E-state index contributed by atoms with van der Waals surface area (Å²) < 4.78 is 33.9. The minimum atomic E-state index is -3.80. The topological polar surface area (TPSA) is 117 Å². The highest BCUT2D eigenvalue weighted by Gasteiger charge is 2.18.